The summed E-state index contributed by atoms with van der Waals surface area (Å²) in [5.74, 6) is 0.116. The molecule has 31 heavy (non-hydrogen) atoms. The lowest BCUT2D eigenvalue weighted by atomic mass is 10.2. The fourth-order valence-electron chi connectivity index (χ4n) is 2.84. The first-order valence-electron chi connectivity index (χ1n) is 9.26. The molecule has 0 unspecified atom stereocenters. The smallest absolute Gasteiger partial charge is 0.280 e. The van der Waals surface area contributed by atoms with Crippen LogP contribution in [0.1, 0.15) is 27.4 Å². The minimum absolute atomic E-state index is 0.0281. The molecule has 2 heterocycles. The molecule has 0 fully saturated rings. The van der Waals surface area contributed by atoms with Crippen LogP contribution in [0.15, 0.2) is 59.4 Å². The summed E-state index contributed by atoms with van der Waals surface area (Å²) in [5, 5.41) is 11.3. The zero-order chi connectivity index (χ0) is 21.8. The van der Waals surface area contributed by atoms with Crippen LogP contribution in [0.25, 0.3) is 0 Å². The van der Waals surface area contributed by atoms with Crippen LogP contribution in [0.4, 0.5) is 10.3 Å². The van der Waals surface area contributed by atoms with Crippen molar-refractivity contribution in [3.63, 3.8) is 0 Å². The van der Waals surface area contributed by atoms with Crippen LogP contribution in [-0.2, 0) is 13.2 Å². The summed E-state index contributed by atoms with van der Waals surface area (Å²) >= 11 is 6.00. The lowest BCUT2D eigenvalue weighted by Gasteiger charge is -2.06. The molecule has 0 saturated carbocycles. The molecule has 10 heteroatoms. The summed E-state index contributed by atoms with van der Waals surface area (Å²) in [6.45, 7) is 2.15. The number of anilines is 1. The Morgan fingerprint density at radius 2 is 2.06 bits per heavy atom. The number of carbonyl (C=O) groups is 1. The van der Waals surface area contributed by atoms with Crippen molar-refractivity contribution in [2.75, 3.05) is 5.32 Å². The maximum absolute atomic E-state index is 13.0. The average molecular weight is 442 g/mol. The number of ether oxygens (including phenoxy) is 1. The molecule has 158 valence electrons. The van der Waals surface area contributed by atoms with E-state index in [1.54, 1.807) is 17.7 Å². The van der Waals surface area contributed by atoms with E-state index in [9.17, 15) is 9.18 Å². The van der Waals surface area contributed by atoms with Gasteiger partial charge in [0, 0.05) is 5.02 Å². The fourth-order valence-corrected chi connectivity index (χ4v) is 3.05. The van der Waals surface area contributed by atoms with E-state index >= 15 is 0 Å². The lowest BCUT2D eigenvalue weighted by molar-refractivity contribution is 0.101. The van der Waals surface area contributed by atoms with Crippen molar-refractivity contribution in [1.29, 1.82) is 0 Å². The Kier molecular flexibility index (Phi) is 5.94. The van der Waals surface area contributed by atoms with Crippen molar-refractivity contribution < 1.29 is 18.4 Å². The van der Waals surface area contributed by atoms with Crippen LogP contribution in [-0.4, -0.2) is 25.8 Å². The largest absolute Gasteiger partial charge is 0.489 e. The molecule has 0 spiro atoms. The number of aryl methyl sites for hydroxylation is 1. The zero-order valence-corrected chi connectivity index (χ0v) is 17.1. The average Bonchev–Trinajstić information content (AvgIpc) is 3.33. The second-order valence-electron chi connectivity index (χ2n) is 6.66. The number of halogens is 2. The van der Waals surface area contributed by atoms with Crippen molar-refractivity contribution in [2.24, 2.45) is 0 Å². The van der Waals surface area contributed by atoms with Gasteiger partial charge < -0.3 is 9.26 Å². The number of carbonyl (C=O) groups excluding carboxylic acids is 1. The van der Waals surface area contributed by atoms with E-state index in [0.29, 0.717) is 28.6 Å². The number of aromatic nitrogens is 4. The first-order chi connectivity index (χ1) is 15.0. The van der Waals surface area contributed by atoms with Crippen LogP contribution in [0.3, 0.4) is 0 Å². The van der Waals surface area contributed by atoms with E-state index in [4.69, 9.17) is 20.9 Å². The Labute approximate surface area is 181 Å². The molecule has 1 amide bonds. The highest BCUT2D eigenvalue weighted by Crippen LogP contribution is 2.19. The number of benzene rings is 2. The molecule has 4 rings (SSSR count). The predicted molar refractivity (Wildman–Crippen MR) is 111 cm³/mol. The number of amides is 1. The van der Waals surface area contributed by atoms with Crippen LogP contribution in [0, 0.1) is 12.7 Å². The highest BCUT2D eigenvalue weighted by Gasteiger charge is 2.21. The maximum atomic E-state index is 13.0. The summed E-state index contributed by atoms with van der Waals surface area (Å²) in [6.07, 6.45) is 1.50. The molecule has 0 saturated heterocycles. The summed E-state index contributed by atoms with van der Waals surface area (Å²) in [5.41, 5.74) is 1.48. The molecule has 1 N–H and O–H groups in total. The normalized spacial score (nSPS) is 10.8. The van der Waals surface area contributed by atoms with Gasteiger partial charge in [0.2, 0.25) is 5.95 Å². The van der Waals surface area contributed by atoms with Gasteiger partial charge in [-0.3, -0.25) is 10.1 Å². The molecule has 4 aromatic rings. The number of rotatable bonds is 7. The van der Waals surface area contributed by atoms with Gasteiger partial charge in [0.15, 0.2) is 5.69 Å². The molecule has 2 aromatic carbocycles. The molecule has 0 bridgehead atoms. The van der Waals surface area contributed by atoms with E-state index in [1.165, 1.54) is 30.6 Å². The van der Waals surface area contributed by atoms with Gasteiger partial charge in [-0.15, -0.1) is 5.10 Å². The van der Waals surface area contributed by atoms with E-state index in [1.807, 2.05) is 18.2 Å². The molecular weight excluding hydrogens is 425 g/mol. The molecule has 0 aliphatic heterocycles. The SMILES string of the molecule is Cc1onc(C(=O)Nc2ncn(Cc3cccc(Cl)c3)n2)c1COc1ccc(F)cc1. The van der Waals surface area contributed by atoms with Gasteiger partial charge in [-0.2, -0.15) is 0 Å². The van der Waals surface area contributed by atoms with Crippen LogP contribution in [0.2, 0.25) is 5.02 Å². The third-order valence-corrected chi connectivity index (χ3v) is 4.63. The van der Waals surface area contributed by atoms with Crippen LogP contribution < -0.4 is 10.1 Å². The van der Waals surface area contributed by atoms with E-state index in [-0.39, 0.29) is 24.1 Å². The maximum Gasteiger partial charge on any atom is 0.280 e. The third-order valence-electron chi connectivity index (χ3n) is 4.39. The first-order valence-corrected chi connectivity index (χ1v) is 9.64. The third kappa shape index (κ3) is 5.07. The molecule has 0 aliphatic carbocycles. The van der Waals surface area contributed by atoms with Crippen LogP contribution in [0.5, 0.6) is 5.75 Å². The van der Waals surface area contributed by atoms with E-state index < -0.39 is 5.91 Å². The standard InChI is InChI=1S/C21H17ClFN5O3/c1-13-18(11-30-17-7-5-16(23)6-8-17)19(27-31-13)20(29)25-21-24-12-28(26-21)10-14-3-2-4-15(22)9-14/h2-9,12H,10-11H2,1H3,(H,25,26,29). The Morgan fingerprint density at radius 3 is 2.84 bits per heavy atom. The van der Waals surface area contributed by atoms with Crippen molar-refractivity contribution in [2.45, 2.75) is 20.1 Å². The molecule has 2 aromatic heterocycles. The van der Waals surface area contributed by atoms with E-state index in [0.717, 1.165) is 5.56 Å². The molecule has 0 radical (unpaired) electrons. The summed E-state index contributed by atoms with van der Waals surface area (Å²) < 4.78 is 25.4. The van der Waals surface area contributed by atoms with Gasteiger partial charge in [-0.05, 0) is 48.9 Å². The van der Waals surface area contributed by atoms with Gasteiger partial charge in [-0.25, -0.2) is 14.1 Å². The van der Waals surface area contributed by atoms with Gasteiger partial charge >= 0.3 is 0 Å². The Hall–Kier alpha value is -3.72. The van der Waals surface area contributed by atoms with Gasteiger partial charge in [0.05, 0.1) is 12.1 Å². The van der Waals surface area contributed by atoms with Crippen molar-refractivity contribution in [3.8, 4) is 5.75 Å². The number of hydrogen-bond acceptors (Lipinski definition) is 6. The zero-order valence-electron chi connectivity index (χ0n) is 16.4. The summed E-state index contributed by atoms with van der Waals surface area (Å²) in [4.78, 5) is 16.8. The van der Waals surface area contributed by atoms with Gasteiger partial charge in [-0.1, -0.05) is 28.9 Å². The molecular formula is C21H17ClFN5O3. The highest BCUT2D eigenvalue weighted by molar-refractivity contribution is 6.30. The molecule has 8 nitrogen and oxygen atoms in total. The minimum atomic E-state index is -0.532. The fraction of sp³-hybridized carbons (Fsp3) is 0.143. The Bertz CT molecular complexity index is 1210. The summed E-state index contributed by atoms with van der Waals surface area (Å²) in [7, 11) is 0. The van der Waals surface area contributed by atoms with Crippen LogP contribution >= 0.6 is 11.6 Å². The van der Waals surface area contributed by atoms with Crippen molar-refractivity contribution in [1.82, 2.24) is 19.9 Å². The van der Waals surface area contributed by atoms with Crippen molar-refractivity contribution in [3.05, 3.63) is 88.3 Å². The monoisotopic (exact) mass is 441 g/mol. The number of nitrogens with zero attached hydrogens (tertiary/aromatic N) is 4. The molecule has 0 atom stereocenters. The predicted octanol–water partition coefficient (Wildman–Crippen LogP) is 4.25. The Morgan fingerprint density at radius 1 is 1.26 bits per heavy atom. The van der Waals surface area contributed by atoms with Gasteiger partial charge in [0.1, 0.15) is 30.3 Å². The lowest BCUT2D eigenvalue weighted by Crippen LogP contribution is -2.16. The second-order valence-corrected chi connectivity index (χ2v) is 7.09. The van der Waals surface area contributed by atoms with Gasteiger partial charge in [0.25, 0.3) is 5.91 Å². The minimum Gasteiger partial charge on any atom is -0.489 e. The number of nitrogens with one attached hydrogen (secondary N) is 1. The second kappa shape index (κ2) is 8.97. The van der Waals surface area contributed by atoms with E-state index in [2.05, 4.69) is 20.6 Å². The van der Waals surface area contributed by atoms with Crippen molar-refractivity contribution >= 4 is 23.5 Å². The molecule has 0 aliphatic rings. The first kappa shape index (κ1) is 20.5. The topological polar surface area (TPSA) is 95.1 Å². The quantitative estimate of drug-likeness (QED) is 0.460. The summed E-state index contributed by atoms with van der Waals surface area (Å²) in [6, 6.07) is 12.9. The number of hydrogen-bond donors (Lipinski definition) is 1. The Balaban J connectivity index is 1.42. The highest BCUT2D eigenvalue weighted by atomic mass is 35.5.